The molecule has 35 heavy (non-hydrogen) atoms. The van der Waals surface area contributed by atoms with Crippen LogP contribution >= 0.6 is 0 Å². The van der Waals surface area contributed by atoms with E-state index in [-0.39, 0.29) is 36.6 Å². The average molecular weight is 480 g/mol. The van der Waals surface area contributed by atoms with E-state index in [0.29, 0.717) is 44.8 Å². The normalized spacial score (nSPS) is 21.2. The van der Waals surface area contributed by atoms with Crippen LogP contribution in [0.4, 0.5) is 0 Å². The molecule has 3 atom stereocenters. The Labute approximate surface area is 205 Å². The van der Waals surface area contributed by atoms with E-state index in [2.05, 4.69) is 16.7 Å². The van der Waals surface area contributed by atoms with E-state index >= 15 is 0 Å². The summed E-state index contributed by atoms with van der Waals surface area (Å²) in [6.45, 7) is 2.17. The third-order valence-electron chi connectivity index (χ3n) is 7.09. The summed E-state index contributed by atoms with van der Waals surface area (Å²) in [5.41, 5.74) is 1.52. The molecule has 1 aliphatic carbocycles. The molecule has 0 spiro atoms. The van der Waals surface area contributed by atoms with Crippen molar-refractivity contribution < 1.29 is 19.1 Å². The molecule has 2 fully saturated rings. The molecule has 2 aliphatic rings. The third-order valence-corrected chi connectivity index (χ3v) is 7.09. The third kappa shape index (κ3) is 5.82. The van der Waals surface area contributed by atoms with Crippen LogP contribution in [-0.2, 0) is 21.4 Å². The number of rotatable bonds is 7. The number of carbonyl (C=O) groups is 3. The molecule has 1 aliphatic heterocycles. The number of ether oxygens (including phenoxy) is 1. The number of carbonyl (C=O) groups excluding carboxylic acids is 3. The predicted octanol–water partition coefficient (Wildman–Crippen LogP) is 2.11. The number of nitrogens with zero attached hydrogens (tertiary/aromatic N) is 3. The molecule has 1 saturated heterocycles. The number of hydrogen-bond donors (Lipinski definition) is 2. The molecule has 186 valence electrons. The number of nitriles is 1. The number of fused-ring (bicyclic) bond motifs is 1. The van der Waals surface area contributed by atoms with Crippen molar-refractivity contribution in [3.05, 3.63) is 36.0 Å². The number of benzene rings is 1. The molecule has 9 nitrogen and oxygen atoms in total. The topological polar surface area (TPSA) is 116 Å². The van der Waals surface area contributed by atoms with Crippen LogP contribution < -0.4 is 10.6 Å². The zero-order valence-electron chi connectivity index (χ0n) is 20.2. The van der Waals surface area contributed by atoms with Gasteiger partial charge in [0.15, 0.2) is 0 Å². The van der Waals surface area contributed by atoms with Gasteiger partial charge in [0.1, 0.15) is 11.7 Å². The van der Waals surface area contributed by atoms with Crippen LogP contribution in [0.1, 0.15) is 49.0 Å². The molecule has 2 aromatic rings. The molecule has 4 rings (SSSR count). The van der Waals surface area contributed by atoms with E-state index in [9.17, 15) is 19.6 Å². The van der Waals surface area contributed by atoms with E-state index in [0.717, 1.165) is 23.7 Å². The molecule has 2 N–H and O–H groups in total. The van der Waals surface area contributed by atoms with Crippen molar-refractivity contribution in [2.75, 3.05) is 26.3 Å². The zero-order valence-corrected chi connectivity index (χ0v) is 20.2. The van der Waals surface area contributed by atoms with Crippen molar-refractivity contribution in [1.82, 2.24) is 20.1 Å². The highest BCUT2D eigenvalue weighted by atomic mass is 16.5. The Kier molecular flexibility index (Phi) is 8.03. The lowest BCUT2D eigenvalue weighted by atomic mass is 9.83. The van der Waals surface area contributed by atoms with E-state index in [1.807, 2.05) is 41.9 Å². The summed E-state index contributed by atoms with van der Waals surface area (Å²) >= 11 is 0. The monoisotopic (exact) mass is 479 g/mol. The van der Waals surface area contributed by atoms with Crippen molar-refractivity contribution in [2.24, 2.45) is 13.0 Å². The maximum atomic E-state index is 13.1. The molecule has 1 aromatic heterocycles. The van der Waals surface area contributed by atoms with Crippen LogP contribution in [0.5, 0.6) is 0 Å². The predicted molar refractivity (Wildman–Crippen MR) is 130 cm³/mol. The van der Waals surface area contributed by atoms with Gasteiger partial charge >= 0.3 is 0 Å². The Morgan fingerprint density at radius 1 is 1.17 bits per heavy atom. The largest absolute Gasteiger partial charge is 0.378 e. The quantitative estimate of drug-likeness (QED) is 0.631. The molecule has 9 heteroatoms. The minimum Gasteiger partial charge on any atom is -0.378 e. The van der Waals surface area contributed by atoms with E-state index in [4.69, 9.17) is 4.74 Å². The first-order valence-electron chi connectivity index (χ1n) is 12.4. The Balaban J connectivity index is 1.35. The average Bonchev–Trinajstić information content (AvgIpc) is 3.23. The van der Waals surface area contributed by atoms with Gasteiger partial charge in [0.2, 0.25) is 11.8 Å². The fraction of sp³-hybridized carbons (Fsp3) is 0.538. The van der Waals surface area contributed by atoms with Crippen LogP contribution in [-0.4, -0.2) is 65.6 Å². The smallest absolute Gasteiger partial charge is 0.268 e. The van der Waals surface area contributed by atoms with Crippen molar-refractivity contribution >= 4 is 28.6 Å². The zero-order chi connectivity index (χ0) is 24.8. The van der Waals surface area contributed by atoms with E-state index in [1.54, 1.807) is 4.90 Å². The Bertz CT molecular complexity index is 1110. The molecular weight excluding hydrogens is 446 g/mol. The number of morpholine rings is 1. The summed E-state index contributed by atoms with van der Waals surface area (Å²) in [5.74, 6) is -0.882. The van der Waals surface area contributed by atoms with Gasteiger partial charge in [0.25, 0.3) is 5.91 Å². The fourth-order valence-corrected chi connectivity index (χ4v) is 5.05. The Morgan fingerprint density at radius 2 is 1.91 bits per heavy atom. The van der Waals surface area contributed by atoms with Crippen molar-refractivity contribution in [3.8, 4) is 6.07 Å². The Hall–Kier alpha value is -3.38. The van der Waals surface area contributed by atoms with Gasteiger partial charge in [-0.25, -0.2) is 0 Å². The molecule has 3 amide bonds. The first-order chi connectivity index (χ1) is 17.0. The first kappa shape index (κ1) is 24.7. The maximum Gasteiger partial charge on any atom is 0.268 e. The highest BCUT2D eigenvalue weighted by Crippen LogP contribution is 2.26. The molecular formula is C26H33N5O4. The van der Waals surface area contributed by atoms with Crippen LogP contribution in [0.3, 0.4) is 0 Å². The van der Waals surface area contributed by atoms with Gasteiger partial charge in [-0.15, -0.1) is 0 Å². The standard InChI is InChI=1S/C26H33N5O4/c1-30-22-9-5-2-6-18(22)16-23(30)26(34)29-21-8-4-3-7-20(21)25(33)28-19(17-27)10-11-24(32)31-12-14-35-15-13-31/h2,5-6,9,16,19-21H,3-4,7-8,10-15H2,1H3,(H,28,33)(H,29,34)/t19-,20+,21-/m0/s1. The summed E-state index contributed by atoms with van der Waals surface area (Å²) in [4.78, 5) is 40.4. The van der Waals surface area contributed by atoms with Gasteiger partial charge in [-0.05, 0) is 31.4 Å². The van der Waals surface area contributed by atoms with Crippen LogP contribution in [0.15, 0.2) is 30.3 Å². The van der Waals surface area contributed by atoms with Crippen LogP contribution in [0.25, 0.3) is 10.9 Å². The highest BCUT2D eigenvalue weighted by Gasteiger charge is 2.34. The molecule has 2 heterocycles. The summed E-state index contributed by atoms with van der Waals surface area (Å²) in [5, 5.41) is 16.5. The lowest BCUT2D eigenvalue weighted by Crippen LogP contribution is -2.50. The summed E-state index contributed by atoms with van der Waals surface area (Å²) < 4.78 is 7.13. The van der Waals surface area contributed by atoms with Gasteiger partial charge in [0.05, 0.1) is 25.2 Å². The number of aryl methyl sites for hydroxylation is 1. The van der Waals surface area contributed by atoms with Gasteiger partial charge in [-0.3, -0.25) is 14.4 Å². The molecule has 0 radical (unpaired) electrons. The summed E-state index contributed by atoms with van der Waals surface area (Å²) in [6, 6.07) is 10.7. The van der Waals surface area contributed by atoms with Gasteiger partial charge in [-0.2, -0.15) is 5.26 Å². The van der Waals surface area contributed by atoms with E-state index in [1.165, 1.54) is 0 Å². The van der Waals surface area contributed by atoms with Gasteiger partial charge < -0.3 is 24.8 Å². The van der Waals surface area contributed by atoms with Crippen molar-refractivity contribution in [2.45, 2.75) is 50.6 Å². The number of para-hydroxylation sites is 1. The highest BCUT2D eigenvalue weighted by molar-refractivity contribution is 5.99. The molecule has 1 aromatic carbocycles. The molecule has 0 unspecified atom stereocenters. The minimum atomic E-state index is -0.746. The molecule has 1 saturated carbocycles. The number of nitrogens with one attached hydrogen (secondary N) is 2. The minimum absolute atomic E-state index is 0.0273. The van der Waals surface area contributed by atoms with Crippen molar-refractivity contribution in [3.63, 3.8) is 0 Å². The van der Waals surface area contributed by atoms with Crippen molar-refractivity contribution in [1.29, 1.82) is 5.26 Å². The van der Waals surface area contributed by atoms with Crippen LogP contribution in [0.2, 0.25) is 0 Å². The second-order valence-corrected chi connectivity index (χ2v) is 9.34. The Morgan fingerprint density at radius 3 is 2.66 bits per heavy atom. The number of aromatic nitrogens is 1. The van der Waals surface area contributed by atoms with Gasteiger partial charge in [0, 0.05) is 43.5 Å². The lowest BCUT2D eigenvalue weighted by molar-refractivity contribution is -0.135. The second-order valence-electron chi connectivity index (χ2n) is 9.34. The second kappa shape index (κ2) is 11.4. The van der Waals surface area contributed by atoms with Crippen LogP contribution in [0, 0.1) is 17.2 Å². The number of hydrogen-bond acceptors (Lipinski definition) is 5. The summed E-state index contributed by atoms with van der Waals surface area (Å²) in [6.07, 6.45) is 3.64. The SMILES string of the molecule is Cn1c(C(=O)N[C@H]2CCCC[C@H]2C(=O)N[C@H](C#N)CCC(=O)N2CCOCC2)cc2ccccc21. The molecule has 0 bridgehead atoms. The van der Waals surface area contributed by atoms with E-state index < -0.39 is 12.0 Å². The first-order valence-corrected chi connectivity index (χ1v) is 12.4. The lowest BCUT2D eigenvalue weighted by Gasteiger charge is -2.32. The fourth-order valence-electron chi connectivity index (χ4n) is 5.05. The van der Waals surface area contributed by atoms with Gasteiger partial charge in [-0.1, -0.05) is 31.0 Å². The maximum absolute atomic E-state index is 13.1. The number of amides is 3. The summed E-state index contributed by atoms with van der Waals surface area (Å²) in [7, 11) is 1.86.